The number of rotatable bonds is 2. The third-order valence-electron chi connectivity index (χ3n) is 4.36. The molecular weight excluding hydrogens is 228 g/mol. The van der Waals surface area contributed by atoms with E-state index in [-0.39, 0.29) is 5.60 Å². The highest BCUT2D eigenvalue weighted by Gasteiger charge is 2.50. The van der Waals surface area contributed by atoms with Crippen molar-refractivity contribution in [2.24, 2.45) is 11.8 Å². The standard InChI is InChI=1S/C15H18O3/c1-15(10-11-7-8-12(15)9-11)18-14(16)17-13-5-3-2-4-6-13/h2-6,11-12H,7-10H2,1H3. The lowest BCUT2D eigenvalue weighted by Gasteiger charge is -2.32. The molecule has 0 spiro atoms. The van der Waals surface area contributed by atoms with E-state index >= 15 is 0 Å². The van der Waals surface area contributed by atoms with Crippen molar-refractivity contribution >= 4 is 6.16 Å². The molecule has 0 aliphatic heterocycles. The normalized spacial score (nSPS) is 33.4. The Balaban J connectivity index is 1.61. The van der Waals surface area contributed by atoms with Gasteiger partial charge in [0.15, 0.2) is 0 Å². The lowest BCUT2D eigenvalue weighted by Crippen LogP contribution is -2.38. The van der Waals surface area contributed by atoms with Crippen LogP contribution < -0.4 is 4.74 Å². The Morgan fingerprint density at radius 1 is 1.28 bits per heavy atom. The fraction of sp³-hybridized carbons (Fsp3) is 0.533. The van der Waals surface area contributed by atoms with E-state index < -0.39 is 6.16 Å². The number of fused-ring (bicyclic) bond motifs is 2. The first-order valence-corrected chi connectivity index (χ1v) is 6.61. The van der Waals surface area contributed by atoms with Crippen molar-refractivity contribution in [1.82, 2.24) is 0 Å². The second-order valence-corrected chi connectivity index (χ2v) is 5.66. The van der Waals surface area contributed by atoms with Gasteiger partial charge in [-0.1, -0.05) is 18.2 Å². The summed E-state index contributed by atoms with van der Waals surface area (Å²) >= 11 is 0. The average molecular weight is 246 g/mol. The Hall–Kier alpha value is -1.51. The molecule has 2 bridgehead atoms. The van der Waals surface area contributed by atoms with Crippen molar-refractivity contribution < 1.29 is 14.3 Å². The average Bonchev–Trinajstić information content (AvgIpc) is 2.89. The third-order valence-corrected chi connectivity index (χ3v) is 4.36. The topological polar surface area (TPSA) is 35.5 Å². The lowest BCUT2D eigenvalue weighted by molar-refractivity contribution is -0.0367. The molecular formula is C15H18O3. The Morgan fingerprint density at radius 3 is 2.67 bits per heavy atom. The van der Waals surface area contributed by atoms with Gasteiger partial charge in [0, 0.05) is 0 Å². The molecule has 3 unspecified atom stereocenters. The predicted octanol–water partition coefficient (Wildman–Crippen LogP) is 3.78. The molecule has 1 aromatic rings. The summed E-state index contributed by atoms with van der Waals surface area (Å²) in [7, 11) is 0. The number of hydrogen-bond acceptors (Lipinski definition) is 3. The highest BCUT2D eigenvalue weighted by molar-refractivity contribution is 5.64. The fourth-order valence-corrected chi connectivity index (χ4v) is 3.48. The maximum Gasteiger partial charge on any atom is 0.514 e. The van der Waals surface area contributed by atoms with Crippen molar-refractivity contribution in [1.29, 1.82) is 0 Å². The zero-order valence-corrected chi connectivity index (χ0v) is 10.6. The van der Waals surface area contributed by atoms with Crippen LogP contribution in [-0.2, 0) is 4.74 Å². The minimum Gasteiger partial charge on any atom is -0.427 e. The van der Waals surface area contributed by atoms with Crippen LogP contribution in [-0.4, -0.2) is 11.8 Å². The summed E-state index contributed by atoms with van der Waals surface area (Å²) in [5, 5.41) is 0. The number of para-hydroxylation sites is 1. The maximum atomic E-state index is 11.8. The molecule has 3 nitrogen and oxygen atoms in total. The number of benzene rings is 1. The van der Waals surface area contributed by atoms with Crippen molar-refractivity contribution in [2.75, 3.05) is 0 Å². The maximum absolute atomic E-state index is 11.8. The summed E-state index contributed by atoms with van der Waals surface area (Å²) in [5.41, 5.74) is -0.311. The van der Waals surface area contributed by atoms with Gasteiger partial charge in [-0.2, -0.15) is 0 Å². The first kappa shape index (κ1) is 11.6. The van der Waals surface area contributed by atoms with Crippen LogP contribution in [0.25, 0.3) is 0 Å². The molecule has 0 heterocycles. The second kappa shape index (κ2) is 4.30. The van der Waals surface area contributed by atoms with Gasteiger partial charge < -0.3 is 9.47 Å². The highest BCUT2D eigenvalue weighted by atomic mass is 16.7. The molecule has 0 saturated heterocycles. The largest absolute Gasteiger partial charge is 0.514 e. The van der Waals surface area contributed by atoms with Gasteiger partial charge in [-0.15, -0.1) is 0 Å². The van der Waals surface area contributed by atoms with Gasteiger partial charge in [0.25, 0.3) is 0 Å². The molecule has 3 atom stereocenters. The van der Waals surface area contributed by atoms with Crippen LogP contribution in [0.15, 0.2) is 30.3 Å². The first-order chi connectivity index (χ1) is 8.66. The van der Waals surface area contributed by atoms with Crippen LogP contribution in [0.3, 0.4) is 0 Å². The Kier molecular flexibility index (Phi) is 2.77. The van der Waals surface area contributed by atoms with Crippen LogP contribution >= 0.6 is 0 Å². The quantitative estimate of drug-likeness (QED) is 0.588. The van der Waals surface area contributed by atoms with E-state index in [9.17, 15) is 4.79 Å². The van der Waals surface area contributed by atoms with Gasteiger partial charge in [-0.3, -0.25) is 0 Å². The van der Waals surface area contributed by atoms with E-state index in [1.54, 1.807) is 12.1 Å². The molecule has 2 fully saturated rings. The third kappa shape index (κ3) is 2.09. The van der Waals surface area contributed by atoms with E-state index in [2.05, 4.69) is 0 Å². The van der Waals surface area contributed by atoms with Crippen LogP contribution in [0, 0.1) is 11.8 Å². The molecule has 3 heteroatoms. The summed E-state index contributed by atoms with van der Waals surface area (Å²) in [6.07, 6.45) is 4.09. The van der Waals surface area contributed by atoms with Crippen molar-refractivity contribution in [3.05, 3.63) is 30.3 Å². The highest BCUT2D eigenvalue weighted by Crippen LogP contribution is 2.52. The molecule has 0 radical (unpaired) electrons. The monoisotopic (exact) mass is 246 g/mol. The van der Waals surface area contributed by atoms with Gasteiger partial charge in [-0.25, -0.2) is 4.79 Å². The predicted molar refractivity (Wildman–Crippen MR) is 67.4 cm³/mol. The molecule has 0 N–H and O–H groups in total. The molecule has 2 aliphatic carbocycles. The van der Waals surface area contributed by atoms with Crippen molar-refractivity contribution in [3.8, 4) is 5.75 Å². The SMILES string of the molecule is CC1(OC(=O)Oc2ccccc2)CC2CCC1C2. The van der Waals surface area contributed by atoms with E-state index in [0.717, 1.165) is 12.3 Å². The van der Waals surface area contributed by atoms with Gasteiger partial charge in [0.1, 0.15) is 11.4 Å². The van der Waals surface area contributed by atoms with E-state index in [0.29, 0.717) is 11.7 Å². The Labute approximate surface area is 107 Å². The molecule has 2 saturated carbocycles. The Bertz CT molecular complexity index is 442. The van der Waals surface area contributed by atoms with E-state index in [1.165, 1.54) is 19.3 Å². The summed E-state index contributed by atoms with van der Waals surface area (Å²) in [6.45, 7) is 2.04. The van der Waals surface area contributed by atoms with Gasteiger partial charge in [-0.05, 0) is 56.6 Å². The number of carbonyl (C=O) groups excluding carboxylic acids is 1. The summed E-state index contributed by atoms with van der Waals surface area (Å²) in [6, 6.07) is 9.06. The molecule has 18 heavy (non-hydrogen) atoms. The van der Waals surface area contributed by atoms with Crippen LogP contribution in [0.4, 0.5) is 4.79 Å². The lowest BCUT2D eigenvalue weighted by atomic mass is 9.86. The van der Waals surface area contributed by atoms with E-state index in [4.69, 9.17) is 9.47 Å². The molecule has 2 aliphatic rings. The second-order valence-electron chi connectivity index (χ2n) is 5.66. The first-order valence-electron chi connectivity index (χ1n) is 6.61. The number of carbonyl (C=O) groups is 1. The summed E-state index contributed by atoms with van der Waals surface area (Å²) in [5.74, 6) is 1.80. The molecule has 1 aromatic carbocycles. The van der Waals surface area contributed by atoms with Crippen LogP contribution in [0.5, 0.6) is 5.75 Å². The Morgan fingerprint density at radius 2 is 2.06 bits per heavy atom. The minimum atomic E-state index is -0.573. The van der Waals surface area contributed by atoms with Crippen LogP contribution in [0.1, 0.15) is 32.6 Å². The zero-order chi connectivity index (χ0) is 12.6. The van der Waals surface area contributed by atoms with Crippen LogP contribution in [0.2, 0.25) is 0 Å². The molecule has 0 amide bonds. The summed E-state index contributed by atoms with van der Waals surface area (Å²) in [4.78, 5) is 11.8. The summed E-state index contributed by atoms with van der Waals surface area (Å²) < 4.78 is 10.8. The smallest absolute Gasteiger partial charge is 0.427 e. The van der Waals surface area contributed by atoms with Gasteiger partial charge in [0.2, 0.25) is 0 Å². The van der Waals surface area contributed by atoms with E-state index in [1.807, 2.05) is 25.1 Å². The molecule has 0 aromatic heterocycles. The fourth-order valence-electron chi connectivity index (χ4n) is 3.48. The molecule has 3 rings (SSSR count). The zero-order valence-electron chi connectivity index (χ0n) is 10.6. The minimum absolute atomic E-state index is 0.311. The van der Waals surface area contributed by atoms with Gasteiger partial charge in [0.05, 0.1) is 0 Å². The number of hydrogen-bond donors (Lipinski definition) is 0. The number of ether oxygens (including phenoxy) is 2. The van der Waals surface area contributed by atoms with Crippen molar-refractivity contribution in [3.63, 3.8) is 0 Å². The van der Waals surface area contributed by atoms with Gasteiger partial charge >= 0.3 is 6.16 Å². The van der Waals surface area contributed by atoms with Crippen molar-refractivity contribution in [2.45, 2.75) is 38.2 Å². The molecule has 96 valence electrons.